The Morgan fingerprint density at radius 2 is 1.62 bits per heavy atom. The Morgan fingerprint density at radius 1 is 1.00 bits per heavy atom. The molecule has 4 rings (SSSR count). The average molecular weight is 437 g/mol. The van der Waals surface area contributed by atoms with Crippen LogP contribution >= 0.6 is 0 Å². The fraction of sp³-hybridized carbons (Fsp3) is 0.304. The average Bonchev–Trinajstić information content (AvgIpc) is 3.11. The quantitative estimate of drug-likeness (QED) is 0.703. The molecule has 166 valence electrons. The number of carbonyl (C=O) groups is 4. The smallest absolute Gasteiger partial charge is 0.407 e. The zero-order chi connectivity index (χ0) is 22.7. The van der Waals surface area contributed by atoms with Gasteiger partial charge in [-0.25, -0.2) is 4.79 Å². The Bertz CT molecular complexity index is 1020. The number of hydrogen-bond donors (Lipinski definition) is 2. The Hall–Kier alpha value is -3.88. The molecule has 0 saturated carbocycles. The highest BCUT2D eigenvalue weighted by atomic mass is 16.5. The Morgan fingerprint density at radius 3 is 2.22 bits per heavy atom. The summed E-state index contributed by atoms with van der Waals surface area (Å²) in [6, 6.07) is 16.0. The lowest BCUT2D eigenvalue weighted by molar-refractivity contribution is -0.150. The zero-order valence-electron chi connectivity index (χ0n) is 17.3. The molecule has 1 aliphatic heterocycles. The molecule has 0 atom stereocenters. The van der Waals surface area contributed by atoms with E-state index in [2.05, 4.69) is 5.32 Å². The van der Waals surface area contributed by atoms with Crippen LogP contribution in [0.25, 0.3) is 11.1 Å². The molecule has 1 heterocycles. The van der Waals surface area contributed by atoms with E-state index in [1.165, 1.54) is 9.80 Å². The number of carboxylic acids is 1. The number of amides is 3. The first-order valence-corrected chi connectivity index (χ1v) is 10.3. The molecular weight excluding hydrogens is 414 g/mol. The normalized spacial score (nSPS) is 15.2. The van der Waals surface area contributed by atoms with E-state index in [4.69, 9.17) is 9.84 Å². The van der Waals surface area contributed by atoms with Crippen molar-refractivity contribution in [3.8, 4) is 11.1 Å². The lowest BCUT2D eigenvalue weighted by atomic mass is 9.98. The third-order valence-electron chi connectivity index (χ3n) is 5.73. The fourth-order valence-electron chi connectivity index (χ4n) is 4.16. The molecule has 0 spiro atoms. The highest BCUT2D eigenvalue weighted by molar-refractivity contribution is 5.89. The van der Waals surface area contributed by atoms with Crippen molar-refractivity contribution in [1.29, 1.82) is 0 Å². The lowest BCUT2D eigenvalue weighted by Crippen LogP contribution is -2.55. The van der Waals surface area contributed by atoms with Gasteiger partial charge < -0.3 is 25.0 Å². The second-order valence-electron chi connectivity index (χ2n) is 7.70. The number of carboxylic acid groups (broad SMARTS) is 1. The highest BCUT2D eigenvalue weighted by Gasteiger charge is 2.30. The summed E-state index contributed by atoms with van der Waals surface area (Å²) < 4.78 is 5.40. The van der Waals surface area contributed by atoms with Gasteiger partial charge in [-0.3, -0.25) is 14.4 Å². The van der Waals surface area contributed by atoms with Gasteiger partial charge in [0.15, 0.2) is 0 Å². The van der Waals surface area contributed by atoms with Crippen molar-refractivity contribution >= 4 is 23.9 Å². The number of nitrogens with zero attached hydrogens (tertiary/aromatic N) is 2. The van der Waals surface area contributed by atoms with E-state index in [0.29, 0.717) is 0 Å². The number of benzene rings is 2. The fourth-order valence-corrected chi connectivity index (χ4v) is 4.16. The van der Waals surface area contributed by atoms with Crippen molar-refractivity contribution in [2.24, 2.45) is 0 Å². The van der Waals surface area contributed by atoms with Crippen molar-refractivity contribution in [3.05, 3.63) is 59.7 Å². The number of hydrogen-bond acceptors (Lipinski definition) is 5. The van der Waals surface area contributed by atoms with Crippen LogP contribution in [-0.2, 0) is 19.1 Å². The van der Waals surface area contributed by atoms with Crippen molar-refractivity contribution in [2.45, 2.75) is 5.92 Å². The maximum absolute atomic E-state index is 12.3. The topological polar surface area (TPSA) is 116 Å². The first kappa shape index (κ1) is 21.4. The van der Waals surface area contributed by atoms with Crippen LogP contribution in [0.1, 0.15) is 17.0 Å². The van der Waals surface area contributed by atoms with Gasteiger partial charge in [-0.1, -0.05) is 48.5 Å². The van der Waals surface area contributed by atoms with E-state index in [1.807, 2.05) is 48.5 Å². The van der Waals surface area contributed by atoms with E-state index in [0.717, 1.165) is 22.3 Å². The van der Waals surface area contributed by atoms with Crippen LogP contribution in [0.4, 0.5) is 4.79 Å². The standard InChI is InChI=1S/C23H23N3O6/c27-20(25-9-10-26(13-22(29)30)21(28)12-25)11-24-23(31)32-14-19-17-7-3-1-5-15(17)16-6-2-4-8-18(16)19/h1-8,19H,9-14H2,(H,24,31)(H,29,30). The van der Waals surface area contributed by atoms with Gasteiger partial charge in [0.05, 0.1) is 6.54 Å². The third kappa shape index (κ3) is 4.41. The summed E-state index contributed by atoms with van der Waals surface area (Å²) in [5.41, 5.74) is 4.43. The molecule has 2 aromatic rings. The predicted octanol–water partition coefficient (Wildman–Crippen LogP) is 1.28. The van der Waals surface area contributed by atoms with Gasteiger partial charge in [-0.05, 0) is 22.3 Å². The molecule has 0 unspecified atom stereocenters. The summed E-state index contributed by atoms with van der Waals surface area (Å²) in [5, 5.41) is 11.2. The minimum atomic E-state index is -1.10. The number of aliphatic carboxylic acids is 1. The number of alkyl carbamates (subject to hydrolysis) is 1. The molecule has 1 saturated heterocycles. The third-order valence-corrected chi connectivity index (χ3v) is 5.73. The predicted molar refractivity (Wildman–Crippen MR) is 114 cm³/mol. The number of nitrogens with one attached hydrogen (secondary N) is 1. The summed E-state index contributed by atoms with van der Waals surface area (Å²) in [6.07, 6.45) is -0.712. The van der Waals surface area contributed by atoms with E-state index in [1.54, 1.807) is 0 Å². The molecule has 2 aromatic carbocycles. The molecular formula is C23H23N3O6. The summed E-state index contributed by atoms with van der Waals surface area (Å²) in [5.74, 6) is -2.05. The van der Waals surface area contributed by atoms with Crippen LogP contribution in [0.5, 0.6) is 0 Å². The molecule has 9 heteroatoms. The second-order valence-corrected chi connectivity index (χ2v) is 7.70. The van der Waals surface area contributed by atoms with Crippen LogP contribution in [0, 0.1) is 0 Å². The van der Waals surface area contributed by atoms with Crippen molar-refractivity contribution in [2.75, 3.05) is 39.3 Å². The zero-order valence-corrected chi connectivity index (χ0v) is 17.3. The van der Waals surface area contributed by atoms with Gasteiger partial charge in [0.2, 0.25) is 11.8 Å². The Balaban J connectivity index is 1.28. The van der Waals surface area contributed by atoms with Gasteiger partial charge in [-0.15, -0.1) is 0 Å². The van der Waals surface area contributed by atoms with E-state index in [-0.39, 0.29) is 38.7 Å². The molecule has 0 bridgehead atoms. The SMILES string of the molecule is O=C(O)CN1CCN(C(=O)CNC(=O)OCC2c3ccccc3-c3ccccc32)CC1=O. The summed E-state index contributed by atoms with van der Waals surface area (Å²) in [4.78, 5) is 49.8. The number of ether oxygens (including phenoxy) is 1. The first-order valence-electron chi connectivity index (χ1n) is 10.3. The minimum absolute atomic E-state index is 0.0798. The van der Waals surface area contributed by atoms with Gasteiger partial charge in [0, 0.05) is 19.0 Å². The number of fused-ring (bicyclic) bond motifs is 3. The van der Waals surface area contributed by atoms with Crippen LogP contribution in [0.2, 0.25) is 0 Å². The Kier molecular flexibility index (Phi) is 6.07. The van der Waals surface area contributed by atoms with Crippen molar-refractivity contribution in [1.82, 2.24) is 15.1 Å². The van der Waals surface area contributed by atoms with Crippen LogP contribution in [0.3, 0.4) is 0 Å². The van der Waals surface area contributed by atoms with Gasteiger partial charge in [-0.2, -0.15) is 0 Å². The van der Waals surface area contributed by atoms with Crippen molar-refractivity contribution < 1.29 is 29.0 Å². The molecule has 9 nitrogen and oxygen atoms in total. The number of carbonyl (C=O) groups excluding carboxylic acids is 3. The summed E-state index contributed by atoms with van der Waals surface area (Å²) in [7, 11) is 0. The summed E-state index contributed by atoms with van der Waals surface area (Å²) >= 11 is 0. The second kappa shape index (κ2) is 9.09. The van der Waals surface area contributed by atoms with E-state index < -0.39 is 30.4 Å². The van der Waals surface area contributed by atoms with Gasteiger partial charge >= 0.3 is 12.1 Å². The molecule has 0 radical (unpaired) electrons. The monoisotopic (exact) mass is 437 g/mol. The van der Waals surface area contributed by atoms with E-state index in [9.17, 15) is 19.2 Å². The molecule has 2 aliphatic rings. The highest BCUT2D eigenvalue weighted by Crippen LogP contribution is 2.44. The number of rotatable bonds is 6. The van der Waals surface area contributed by atoms with E-state index >= 15 is 0 Å². The molecule has 1 fully saturated rings. The maximum Gasteiger partial charge on any atom is 0.407 e. The van der Waals surface area contributed by atoms with Crippen LogP contribution < -0.4 is 5.32 Å². The lowest BCUT2D eigenvalue weighted by Gasteiger charge is -2.33. The largest absolute Gasteiger partial charge is 0.480 e. The maximum atomic E-state index is 12.3. The molecule has 32 heavy (non-hydrogen) atoms. The molecule has 3 amide bonds. The Labute approximate surface area is 184 Å². The molecule has 0 aromatic heterocycles. The molecule has 1 aliphatic carbocycles. The van der Waals surface area contributed by atoms with Crippen LogP contribution in [-0.4, -0.2) is 78.1 Å². The van der Waals surface area contributed by atoms with Gasteiger partial charge in [0.25, 0.3) is 0 Å². The first-order chi connectivity index (χ1) is 15.4. The minimum Gasteiger partial charge on any atom is -0.480 e. The van der Waals surface area contributed by atoms with Gasteiger partial charge in [0.1, 0.15) is 19.7 Å². The van der Waals surface area contributed by atoms with Crippen molar-refractivity contribution in [3.63, 3.8) is 0 Å². The number of piperazine rings is 1. The molecule has 2 N–H and O–H groups in total. The van der Waals surface area contributed by atoms with Crippen LogP contribution in [0.15, 0.2) is 48.5 Å². The summed E-state index contributed by atoms with van der Waals surface area (Å²) in [6.45, 7) is -0.410.